The number of alkyl halides is 2. The minimum absolute atomic E-state index is 0.0735. The van der Waals surface area contributed by atoms with E-state index in [9.17, 15) is 9.59 Å². The van der Waals surface area contributed by atoms with Crippen molar-refractivity contribution in [2.45, 2.75) is 13.8 Å². The van der Waals surface area contributed by atoms with Crippen LogP contribution in [0.15, 0.2) is 36.4 Å². The van der Waals surface area contributed by atoms with Crippen molar-refractivity contribution in [3.63, 3.8) is 0 Å². The highest BCUT2D eigenvalue weighted by atomic mass is 35.5. The molecule has 2 N–H and O–H groups in total. The van der Waals surface area contributed by atoms with Gasteiger partial charge in [-0.25, -0.2) is 0 Å². The fraction of sp³-hybridized carbons (Fsp3) is 0.222. The highest BCUT2D eigenvalue weighted by molar-refractivity contribution is 6.29. The van der Waals surface area contributed by atoms with Crippen LogP contribution in [0.1, 0.15) is 11.1 Å². The van der Waals surface area contributed by atoms with E-state index in [0.29, 0.717) is 0 Å². The van der Waals surface area contributed by atoms with Gasteiger partial charge in [-0.1, -0.05) is 12.1 Å². The molecule has 0 saturated heterocycles. The zero-order chi connectivity index (χ0) is 17.7. The van der Waals surface area contributed by atoms with Gasteiger partial charge in [0.15, 0.2) is 0 Å². The first kappa shape index (κ1) is 18.3. The number of nitrogens with one attached hydrogen (secondary N) is 2. The minimum Gasteiger partial charge on any atom is -0.325 e. The van der Waals surface area contributed by atoms with Crippen molar-refractivity contribution in [2.24, 2.45) is 0 Å². The Morgan fingerprint density at radius 3 is 1.46 bits per heavy atom. The van der Waals surface area contributed by atoms with Crippen molar-refractivity contribution in [3.05, 3.63) is 47.5 Å². The van der Waals surface area contributed by atoms with Gasteiger partial charge in [-0.15, -0.1) is 23.2 Å². The predicted octanol–water partition coefficient (Wildman–Crippen LogP) is 4.33. The van der Waals surface area contributed by atoms with Crippen molar-refractivity contribution >= 4 is 46.4 Å². The van der Waals surface area contributed by atoms with Crippen LogP contribution in [0.2, 0.25) is 0 Å². The number of benzene rings is 2. The lowest BCUT2D eigenvalue weighted by molar-refractivity contribution is -0.114. The van der Waals surface area contributed by atoms with Gasteiger partial charge in [0.2, 0.25) is 11.8 Å². The molecule has 0 atom stereocenters. The zero-order valence-electron chi connectivity index (χ0n) is 13.5. The van der Waals surface area contributed by atoms with E-state index in [4.69, 9.17) is 23.2 Å². The number of rotatable bonds is 5. The Hall–Kier alpha value is -2.04. The second-order valence-electron chi connectivity index (χ2n) is 5.42. The topological polar surface area (TPSA) is 58.2 Å². The van der Waals surface area contributed by atoms with Crippen molar-refractivity contribution in [1.82, 2.24) is 0 Å². The molecule has 0 aromatic heterocycles. The Bertz CT molecular complexity index is 710. The number of anilines is 2. The first-order valence-corrected chi connectivity index (χ1v) is 8.44. The SMILES string of the molecule is Cc1cc(-c2ccc(NC(=O)CCl)c(C)c2)ccc1NC(=O)CCl. The van der Waals surface area contributed by atoms with Gasteiger partial charge in [0.25, 0.3) is 0 Å². The number of amides is 2. The largest absolute Gasteiger partial charge is 0.325 e. The van der Waals surface area contributed by atoms with Crippen LogP contribution < -0.4 is 10.6 Å². The molecule has 24 heavy (non-hydrogen) atoms. The Kier molecular flexibility index (Phi) is 6.23. The van der Waals surface area contributed by atoms with Gasteiger partial charge in [-0.2, -0.15) is 0 Å². The molecule has 0 aliphatic heterocycles. The molecule has 6 heteroatoms. The van der Waals surface area contributed by atoms with Crippen molar-refractivity contribution in [3.8, 4) is 11.1 Å². The molecule has 2 aromatic rings. The van der Waals surface area contributed by atoms with Crippen molar-refractivity contribution < 1.29 is 9.59 Å². The van der Waals surface area contributed by atoms with Crippen LogP contribution in [0.4, 0.5) is 11.4 Å². The van der Waals surface area contributed by atoms with Gasteiger partial charge in [0.1, 0.15) is 11.8 Å². The Labute approximate surface area is 151 Å². The molecule has 2 aromatic carbocycles. The lowest BCUT2D eigenvalue weighted by atomic mass is 10.00. The average molecular weight is 365 g/mol. The van der Waals surface area contributed by atoms with Gasteiger partial charge in [-0.3, -0.25) is 9.59 Å². The van der Waals surface area contributed by atoms with Gasteiger partial charge < -0.3 is 10.6 Å². The average Bonchev–Trinajstić information content (AvgIpc) is 2.58. The third-order valence-corrected chi connectivity index (χ3v) is 4.06. The van der Waals surface area contributed by atoms with Crippen LogP contribution in [0, 0.1) is 13.8 Å². The van der Waals surface area contributed by atoms with Crippen LogP contribution >= 0.6 is 23.2 Å². The van der Waals surface area contributed by atoms with Crippen LogP contribution in [-0.4, -0.2) is 23.6 Å². The van der Waals surface area contributed by atoms with Crippen LogP contribution in [0.25, 0.3) is 11.1 Å². The summed E-state index contributed by atoms with van der Waals surface area (Å²) in [5.74, 6) is -0.614. The molecule has 4 nitrogen and oxygen atoms in total. The van der Waals surface area contributed by atoms with Gasteiger partial charge in [-0.05, 0) is 60.4 Å². The van der Waals surface area contributed by atoms with Gasteiger partial charge >= 0.3 is 0 Å². The second-order valence-corrected chi connectivity index (χ2v) is 5.96. The summed E-state index contributed by atoms with van der Waals surface area (Å²) in [7, 11) is 0. The Morgan fingerprint density at radius 2 is 1.17 bits per heavy atom. The lowest BCUT2D eigenvalue weighted by Crippen LogP contribution is -2.13. The molecule has 0 spiro atoms. The summed E-state index contributed by atoms with van der Waals surface area (Å²) in [4.78, 5) is 22.8. The standard InChI is InChI=1S/C18H18Cl2N2O2/c1-11-7-13(3-5-15(11)21-17(23)9-19)14-4-6-16(12(2)8-14)22-18(24)10-20/h3-8H,9-10H2,1-2H3,(H,21,23)(H,22,24). The molecule has 2 amide bonds. The third kappa shape index (κ3) is 4.49. The smallest absolute Gasteiger partial charge is 0.239 e. The summed E-state index contributed by atoms with van der Waals surface area (Å²) < 4.78 is 0. The molecule has 2 rings (SSSR count). The summed E-state index contributed by atoms with van der Waals surface area (Å²) in [6.45, 7) is 3.85. The number of carbonyl (C=O) groups excluding carboxylic acids is 2. The summed E-state index contributed by atoms with van der Waals surface area (Å²) >= 11 is 11.0. The van der Waals surface area contributed by atoms with E-state index in [-0.39, 0.29) is 23.6 Å². The molecule has 0 saturated carbocycles. The number of halogens is 2. The first-order chi connectivity index (χ1) is 11.4. The van der Waals surface area contributed by atoms with Gasteiger partial charge in [0.05, 0.1) is 0 Å². The molecular weight excluding hydrogens is 347 g/mol. The van der Waals surface area contributed by atoms with E-state index in [0.717, 1.165) is 33.6 Å². The maximum absolute atomic E-state index is 11.4. The fourth-order valence-corrected chi connectivity index (χ4v) is 2.47. The van der Waals surface area contributed by atoms with E-state index in [2.05, 4.69) is 10.6 Å². The van der Waals surface area contributed by atoms with E-state index in [1.807, 2.05) is 50.2 Å². The molecule has 0 bridgehead atoms. The molecule has 126 valence electrons. The van der Waals surface area contributed by atoms with E-state index < -0.39 is 0 Å². The molecular formula is C18H18Cl2N2O2. The Morgan fingerprint density at radius 1 is 0.792 bits per heavy atom. The van der Waals surface area contributed by atoms with E-state index >= 15 is 0 Å². The molecule has 0 heterocycles. The van der Waals surface area contributed by atoms with Crippen LogP contribution in [0.5, 0.6) is 0 Å². The minimum atomic E-state index is -0.234. The van der Waals surface area contributed by atoms with Crippen LogP contribution in [0.3, 0.4) is 0 Å². The summed E-state index contributed by atoms with van der Waals surface area (Å²) in [5, 5.41) is 5.51. The third-order valence-electron chi connectivity index (χ3n) is 3.58. The normalized spacial score (nSPS) is 10.3. The number of hydrogen-bond donors (Lipinski definition) is 2. The molecule has 0 unspecified atom stereocenters. The molecule has 0 aliphatic carbocycles. The predicted molar refractivity (Wildman–Crippen MR) is 100 cm³/mol. The highest BCUT2D eigenvalue weighted by Crippen LogP contribution is 2.28. The molecule has 0 radical (unpaired) electrons. The number of aryl methyl sites for hydroxylation is 2. The number of carbonyl (C=O) groups is 2. The van der Waals surface area contributed by atoms with Crippen molar-refractivity contribution in [2.75, 3.05) is 22.4 Å². The molecule has 0 aliphatic rings. The van der Waals surface area contributed by atoms with Crippen molar-refractivity contribution in [1.29, 1.82) is 0 Å². The first-order valence-electron chi connectivity index (χ1n) is 7.38. The summed E-state index contributed by atoms with van der Waals surface area (Å²) in [5.41, 5.74) is 5.43. The summed E-state index contributed by atoms with van der Waals surface area (Å²) in [6, 6.07) is 11.6. The maximum atomic E-state index is 11.4. The molecule has 0 fully saturated rings. The number of hydrogen-bond acceptors (Lipinski definition) is 2. The quantitative estimate of drug-likeness (QED) is 0.775. The van der Waals surface area contributed by atoms with Crippen LogP contribution in [-0.2, 0) is 9.59 Å². The highest BCUT2D eigenvalue weighted by Gasteiger charge is 2.08. The second kappa shape index (κ2) is 8.18. The van der Waals surface area contributed by atoms with E-state index in [1.165, 1.54) is 0 Å². The fourth-order valence-electron chi connectivity index (χ4n) is 2.33. The zero-order valence-corrected chi connectivity index (χ0v) is 15.0. The van der Waals surface area contributed by atoms with E-state index in [1.54, 1.807) is 0 Å². The maximum Gasteiger partial charge on any atom is 0.239 e. The van der Waals surface area contributed by atoms with Gasteiger partial charge in [0, 0.05) is 11.4 Å². The monoisotopic (exact) mass is 364 g/mol. The lowest BCUT2D eigenvalue weighted by Gasteiger charge is -2.12. The Balaban J connectivity index is 2.25. The summed E-state index contributed by atoms with van der Waals surface area (Å²) in [6.07, 6.45) is 0.